The van der Waals surface area contributed by atoms with Crippen molar-refractivity contribution >= 4 is 40.5 Å². The van der Waals surface area contributed by atoms with Crippen LogP contribution in [0.2, 0.25) is 0 Å². The van der Waals surface area contributed by atoms with Crippen LogP contribution in [0.5, 0.6) is 11.5 Å². The second kappa shape index (κ2) is 8.35. The van der Waals surface area contributed by atoms with Gasteiger partial charge in [-0.15, -0.1) is 0 Å². The van der Waals surface area contributed by atoms with Crippen molar-refractivity contribution in [1.82, 2.24) is 0 Å². The molecule has 134 valence electrons. The van der Waals surface area contributed by atoms with E-state index in [1.165, 1.54) is 0 Å². The number of halogens is 1. The molecule has 3 rings (SSSR count). The first-order chi connectivity index (χ1) is 12.6. The van der Waals surface area contributed by atoms with E-state index in [4.69, 9.17) is 14.2 Å². The lowest BCUT2D eigenvalue weighted by atomic mass is 10.1. The first-order valence-corrected chi connectivity index (χ1v) is 9.28. The molecule has 0 N–H and O–H groups in total. The second-order valence-corrected chi connectivity index (χ2v) is 6.85. The quantitative estimate of drug-likeness (QED) is 0.361. The maximum absolute atomic E-state index is 12.2. The third kappa shape index (κ3) is 4.24. The predicted octanol–water partition coefficient (Wildman–Crippen LogP) is 4.43. The van der Waals surface area contributed by atoms with Crippen molar-refractivity contribution in [3.05, 3.63) is 62.9 Å². The first-order valence-electron chi connectivity index (χ1n) is 8.20. The van der Waals surface area contributed by atoms with Gasteiger partial charge in [-0.3, -0.25) is 0 Å². The fourth-order valence-corrected chi connectivity index (χ4v) is 2.96. The Hall–Kier alpha value is -2.35. The molecule has 0 atom stereocenters. The molecule has 0 fully saturated rings. The minimum absolute atomic E-state index is 0.255. The van der Waals surface area contributed by atoms with E-state index in [0.717, 1.165) is 21.1 Å². The number of rotatable bonds is 6. The summed E-state index contributed by atoms with van der Waals surface area (Å²) in [7, 11) is 1.60. The fraction of sp³-hybridized carbons (Fsp3) is 0.200. The second-order valence-electron chi connectivity index (χ2n) is 5.61. The highest BCUT2D eigenvalue weighted by Gasteiger charge is 2.24. The van der Waals surface area contributed by atoms with Crippen molar-refractivity contribution < 1.29 is 19.0 Å². The molecule has 5 nitrogen and oxygen atoms in total. The van der Waals surface area contributed by atoms with Crippen molar-refractivity contribution in [1.29, 1.82) is 0 Å². The average Bonchev–Trinajstić information content (AvgIpc) is 3.01. The van der Waals surface area contributed by atoms with Gasteiger partial charge in [-0.1, -0.05) is 19.1 Å². The molecule has 6 heteroatoms. The summed E-state index contributed by atoms with van der Waals surface area (Å²) in [4.78, 5) is 16.5. The molecule has 0 aliphatic carbocycles. The number of nitrogens with zero attached hydrogens (tertiary/aromatic N) is 1. The van der Waals surface area contributed by atoms with Gasteiger partial charge in [0.2, 0.25) is 5.90 Å². The highest BCUT2D eigenvalue weighted by atomic mass is 127. The molecule has 0 amide bonds. The summed E-state index contributed by atoms with van der Waals surface area (Å²) in [6, 6.07) is 13.1. The van der Waals surface area contributed by atoms with Crippen molar-refractivity contribution in [3.8, 4) is 11.5 Å². The molecule has 1 aliphatic heterocycles. The summed E-state index contributed by atoms with van der Waals surface area (Å²) in [5.74, 6) is 1.14. The van der Waals surface area contributed by atoms with Crippen LogP contribution in [-0.2, 0) is 9.53 Å². The van der Waals surface area contributed by atoms with Crippen LogP contribution >= 0.6 is 22.6 Å². The van der Waals surface area contributed by atoms with Crippen molar-refractivity contribution in [3.63, 3.8) is 0 Å². The van der Waals surface area contributed by atoms with Crippen LogP contribution < -0.4 is 9.47 Å². The van der Waals surface area contributed by atoms with E-state index in [9.17, 15) is 4.79 Å². The average molecular weight is 463 g/mol. The number of aliphatic imine (C=N–C) groups is 1. The van der Waals surface area contributed by atoms with E-state index >= 15 is 0 Å². The third-order valence-electron chi connectivity index (χ3n) is 3.64. The van der Waals surface area contributed by atoms with Crippen LogP contribution in [0.4, 0.5) is 0 Å². The van der Waals surface area contributed by atoms with Gasteiger partial charge in [0.1, 0.15) is 0 Å². The largest absolute Gasteiger partial charge is 0.493 e. The molecular weight excluding hydrogens is 445 g/mol. The molecule has 26 heavy (non-hydrogen) atoms. The lowest BCUT2D eigenvalue weighted by Gasteiger charge is -2.10. The van der Waals surface area contributed by atoms with Gasteiger partial charge in [0.15, 0.2) is 17.2 Å². The topological polar surface area (TPSA) is 57.1 Å². The monoisotopic (exact) mass is 463 g/mol. The summed E-state index contributed by atoms with van der Waals surface area (Å²) in [5.41, 5.74) is 1.82. The van der Waals surface area contributed by atoms with E-state index in [1.807, 2.05) is 49.4 Å². The molecule has 2 aromatic rings. The van der Waals surface area contributed by atoms with Crippen LogP contribution in [0.3, 0.4) is 0 Å². The Morgan fingerprint density at radius 2 is 2.04 bits per heavy atom. The summed E-state index contributed by atoms with van der Waals surface area (Å²) < 4.78 is 17.4. The molecule has 1 heterocycles. The minimum Gasteiger partial charge on any atom is -0.493 e. The third-order valence-corrected chi connectivity index (χ3v) is 4.32. The molecule has 0 saturated carbocycles. The number of cyclic esters (lactones) is 1. The molecule has 1 aliphatic rings. The Labute approximate surface area is 165 Å². The Morgan fingerprint density at radius 3 is 2.77 bits per heavy atom. The zero-order chi connectivity index (χ0) is 18.5. The van der Waals surface area contributed by atoms with E-state index in [-0.39, 0.29) is 5.70 Å². The Kier molecular flexibility index (Phi) is 5.92. The maximum Gasteiger partial charge on any atom is 0.363 e. The molecule has 0 aromatic heterocycles. The van der Waals surface area contributed by atoms with Crippen LogP contribution in [0.15, 0.2) is 53.2 Å². The van der Waals surface area contributed by atoms with Crippen molar-refractivity contribution in [2.24, 2.45) is 4.99 Å². The molecule has 0 saturated heterocycles. The van der Waals surface area contributed by atoms with Crippen LogP contribution in [0, 0.1) is 3.57 Å². The van der Waals surface area contributed by atoms with Crippen molar-refractivity contribution in [2.45, 2.75) is 13.3 Å². The lowest BCUT2D eigenvalue weighted by Crippen LogP contribution is -2.05. The van der Waals surface area contributed by atoms with Crippen LogP contribution in [-0.4, -0.2) is 25.6 Å². The van der Waals surface area contributed by atoms with Gasteiger partial charge in [-0.05, 0) is 71.0 Å². The number of benzene rings is 2. The van der Waals surface area contributed by atoms with Gasteiger partial charge in [-0.2, -0.15) is 0 Å². The molecule has 0 radical (unpaired) electrons. The molecule has 2 aromatic carbocycles. The Bertz CT molecular complexity index is 889. The highest BCUT2D eigenvalue weighted by molar-refractivity contribution is 14.1. The van der Waals surface area contributed by atoms with Gasteiger partial charge in [-0.25, -0.2) is 9.79 Å². The minimum atomic E-state index is -0.467. The molecular formula is C20H18INO4. The summed E-state index contributed by atoms with van der Waals surface area (Å²) in [5, 5.41) is 0. The number of carbonyl (C=O) groups excluding carboxylic acids is 1. The van der Waals surface area contributed by atoms with Gasteiger partial charge < -0.3 is 14.2 Å². The van der Waals surface area contributed by atoms with E-state index in [0.29, 0.717) is 24.0 Å². The number of carbonyl (C=O) groups is 1. The number of hydrogen-bond donors (Lipinski definition) is 0. The highest BCUT2D eigenvalue weighted by Crippen LogP contribution is 2.30. The maximum atomic E-state index is 12.2. The van der Waals surface area contributed by atoms with Gasteiger partial charge >= 0.3 is 5.97 Å². The van der Waals surface area contributed by atoms with Gasteiger partial charge in [0, 0.05) is 9.13 Å². The summed E-state index contributed by atoms with van der Waals surface area (Å²) in [6.45, 7) is 2.63. The smallest absolute Gasteiger partial charge is 0.363 e. The SMILES string of the molecule is CCCOc1cc(C=C2N=C(c3cccc(I)c3)OC2=O)ccc1OC. The molecule has 0 unspecified atom stereocenters. The zero-order valence-corrected chi connectivity index (χ0v) is 16.6. The zero-order valence-electron chi connectivity index (χ0n) is 14.5. The lowest BCUT2D eigenvalue weighted by molar-refractivity contribution is -0.129. The van der Waals surface area contributed by atoms with Crippen molar-refractivity contribution in [2.75, 3.05) is 13.7 Å². The number of esters is 1. The number of methoxy groups -OCH3 is 1. The summed E-state index contributed by atoms with van der Waals surface area (Å²) >= 11 is 2.21. The number of ether oxygens (including phenoxy) is 3. The Balaban J connectivity index is 1.90. The predicted molar refractivity (Wildman–Crippen MR) is 109 cm³/mol. The van der Waals surface area contributed by atoms with E-state index in [1.54, 1.807) is 13.2 Å². The summed E-state index contributed by atoms with van der Waals surface area (Å²) in [6.07, 6.45) is 2.58. The number of hydrogen-bond acceptors (Lipinski definition) is 5. The van der Waals surface area contributed by atoms with Gasteiger partial charge in [0.05, 0.1) is 13.7 Å². The van der Waals surface area contributed by atoms with E-state index in [2.05, 4.69) is 27.6 Å². The Morgan fingerprint density at radius 1 is 1.19 bits per heavy atom. The molecule has 0 spiro atoms. The molecule has 0 bridgehead atoms. The first kappa shape index (κ1) is 18.4. The van der Waals surface area contributed by atoms with Gasteiger partial charge in [0.25, 0.3) is 0 Å². The van der Waals surface area contributed by atoms with Crippen LogP contribution in [0.1, 0.15) is 24.5 Å². The normalized spacial score (nSPS) is 15.0. The standard InChI is InChI=1S/C20H18INO4/c1-3-9-25-18-11-13(7-8-17(18)24-2)10-16-20(23)26-19(22-16)14-5-4-6-15(21)12-14/h4-8,10-12H,3,9H2,1-2H3. The van der Waals surface area contributed by atoms with E-state index < -0.39 is 5.97 Å². The fourth-order valence-electron chi connectivity index (χ4n) is 2.42. The van der Waals surface area contributed by atoms with Crippen LogP contribution in [0.25, 0.3) is 6.08 Å².